The number of para-hydroxylation sites is 1. The second-order valence-corrected chi connectivity index (χ2v) is 6.57. The van der Waals surface area contributed by atoms with Crippen molar-refractivity contribution in [2.24, 2.45) is 5.92 Å². The number of carbonyl (C=O) groups is 1. The zero-order valence-corrected chi connectivity index (χ0v) is 14.1. The van der Waals surface area contributed by atoms with Crippen molar-refractivity contribution in [3.05, 3.63) is 36.0 Å². The first-order valence-electron chi connectivity index (χ1n) is 8.79. The molecule has 2 aromatic rings. The van der Waals surface area contributed by atoms with Crippen LogP contribution in [0.5, 0.6) is 0 Å². The number of ether oxygens (including phenoxy) is 1. The molecule has 1 aliphatic rings. The van der Waals surface area contributed by atoms with Crippen LogP contribution in [0.15, 0.2) is 30.5 Å². The standard InChI is InChI=1S/C19H26N2O3/c1-2-16-10-13(7-8-24-16)19(23)21-15(12-22)9-14-11-20-18-6-4-3-5-17(14)18/h3-6,11,13,15-16,20,22H,2,7-10,12H2,1H3,(H,21,23)/t13-,15+,16+/m0/s1. The van der Waals surface area contributed by atoms with Crippen molar-refractivity contribution >= 4 is 16.8 Å². The van der Waals surface area contributed by atoms with E-state index in [2.05, 4.69) is 23.3 Å². The molecule has 5 nitrogen and oxygen atoms in total. The number of rotatable bonds is 6. The fraction of sp³-hybridized carbons (Fsp3) is 0.526. The number of carbonyl (C=O) groups excluding carboxylic acids is 1. The molecule has 0 spiro atoms. The van der Waals surface area contributed by atoms with Gasteiger partial charge in [-0.2, -0.15) is 0 Å². The van der Waals surface area contributed by atoms with E-state index in [-0.39, 0.29) is 30.6 Å². The zero-order valence-electron chi connectivity index (χ0n) is 14.1. The molecule has 3 atom stereocenters. The van der Waals surface area contributed by atoms with Crippen LogP contribution < -0.4 is 5.32 Å². The zero-order chi connectivity index (χ0) is 16.9. The summed E-state index contributed by atoms with van der Waals surface area (Å²) in [5.74, 6) is 0.0244. The van der Waals surface area contributed by atoms with Gasteiger partial charge in [0.25, 0.3) is 0 Å². The van der Waals surface area contributed by atoms with Gasteiger partial charge in [0.2, 0.25) is 5.91 Å². The number of amides is 1. The Bertz CT molecular complexity index is 682. The summed E-state index contributed by atoms with van der Waals surface area (Å²) in [5.41, 5.74) is 2.19. The Labute approximate surface area is 142 Å². The molecule has 0 aliphatic carbocycles. The number of H-pyrrole nitrogens is 1. The third-order valence-corrected chi connectivity index (χ3v) is 4.90. The van der Waals surface area contributed by atoms with Crippen LogP contribution in [0.1, 0.15) is 31.7 Å². The second kappa shape index (κ2) is 7.81. The van der Waals surface area contributed by atoms with Gasteiger partial charge < -0.3 is 20.1 Å². The summed E-state index contributed by atoms with van der Waals surface area (Å²) < 4.78 is 5.64. The predicted octanol–water partition coefficient (Wildman–Crippen LogP) is 2.39. The molecule has 24 heavy (non-hydrogen) atoms. The first kappa shape index (κ1) is 17.0. The number of aromatic nitrogens is 1. The number of aliphatic hydroxyl groups excluding tert-OH is 1. The molecule has 5 heteroatoms. The quantitative estimate of drug-likeness (QED) is 0.761. The van der Waals surface area contributed by atoms with Crippen LogP contribution >= 0.6 is 0 Å². The van der Waals surface area contributed by atoms with Crippen molar-refractivity contribution in [3.8, 4) is 0 Å². The summed E-state index contributed by atoms with van der Waals surface area (Å²) in [6.45, 7) is 2.66. The van der Waals surface area contributed by atoms with Gasteiger partial charge in [-0.15, -0.1) is 0 Å². The smallest absolute Gasteiger partial charge is 0.223 e. The van der Waals surface area contributed by atoms with Crippen LogP contribution in [0.4, 0.5) is 0 Å². The third-order valence-electron chi connectivity index (χ3n) is 4.90. The Hall–Kier alpha value is -1.85. The lowest BCUT2D eigenvalue weighted by atomic mass is 9.93. The molecule has 3 N–H and O–H groups in total. The van der Waals surface area contributed by atoms with Crippen LogP contribution in [0, 0.1) is 5.92 Å². The number of fused-ring (bicyclic) bond motifs is 1. The maximum atomic E-state index is 12.5. The fourth-order valence-corrected chi connectivity index (χ4v) is 3.45. The average molecular weight is 330 g/mol. The Balaban J connectivity index is 1.63. The fourth-order valence-electron chi connectivity index (χ4n) is 3.45. The summed E-state index contributed by atoms with van der Waals surface area (Å²) in [6, 6.07) is 7.81. The Kier molecular flexibility index (Phi) is 5.53. The van der Waals surface area contributed by atoms with Gasteiger partial charge in [0.05, 0.1) is 18.8 Å². The number of nitrogens with one attached hydrogen (secondary N) is 2. The molecule has 1 aromatic carbocycles. The molecule has 0 unspecified atom stereocenters. The van der Waals surface area contributed by atoms with Gasteiger partial charge in [-0.05, 0) is 37.3 Å². The molecule has 1 aliphatic heterocycles. The van der Waals surface area contributed by atoms with E-state index in [0.29, 0.717) is 13.0 Å². The summed E-state index contributed by atoms with van der Waals surface area (Å²) in [7, 11) is 0. The van der Waals surface area contributed by atoms with Gasteiger partial charge in [0.15, 0.2) is 0 Å². The first-order chi connectivity index (χ1) is 11.7. The van der Waals surface area contributed by atoms with E-state index < -0.39 is 0 Å². The highest BCUT2D eigenvalue weighted by Crippen LogP contribution is 2.23. The number of hydrogen-bond donors (Lipinski definition) is 3. The van der Waals surface area contributed by atoms with Gasteiger partial charge in [0, 0.05) is 29.6 Å². The van der Waals surface area contributed by atoms with E-state index in [1.54, 1.807) is 0 Å². The molecule has 0 radical (unpaired) electrons. The maximum absolute atomic E-state index is 12.5. The molecule has 0 saturated carbocycles. The molecule has 2 heterocycles. The van der Waals surface area contributed by atoms with Crippen molar-refractivity contribution < 1.29 is 14.6 Å². The Morgan fingerprint density at radius 3 is 3.08 bits per heavy atom. The highest BCUT2D eigenvalue weighted by molar-refractivity contribution is 5.83. The molecule has 1 aromatic heterocycles. The molecule has 3 rings (SSSR count). The first-order valence-corrected chi connectivity index (χ1v) is 8.79. The Morgan fingerprint density at radius 2 is 2.29 bits per heavy atom. The van der Waals surface area contributed by atoms with Gasteiger partial charge in [-0.25, -0.2) is 0 Å². The van der Waals surface area contributed by atoms with Gasteiger partial charge >= 0.3 is 0 Å². The van der Waals surface area contributed by atoms with Crippen molar-refractivity contribution in [2.75, 3.05) is 13.2 Å². The molecule has 1 saturated heterocycles. The molecule has 0 bridgehead atoms. The van der Waals surface area contributed by atoms with E-state index in [4.69, 9.17) is 4.74 Å². The normalized spacial score (nSPS) is 22.4. The summed E-state index contributed by atoms with van der Waals surface area (Å²) in [6.07, 6.45) is 5.22. The van der Waals surface area contributed by atoms with Gasteiger partial charge in [-0.1, -0.05) is 25.1 Å². The number of aliphatic hydroxyl groups is 1. The molecular formula is C19H26N2O3. The summed E-state index contributed by atoms with van der Waals surface area (Å²) >= 11 is 0. The van der Waals surface area contributed by atoms with Gasteiger partial charge in [0.1, 0.15) is 0 Å². The van der Waals surface area contributed by atoms with Crippen molar-refractivity contribution in [1.29, 1.82) is 0 Å². The van der Waals surface area contributed by atoms with Crippen molar-refractivity contribution in [1.82, 2.24) is 10.3 Å². The lowest BCUT2D eigenvalue weighted by molar-refractivity contribution is -0.131. The minimum absolute atomic E-state index is 0.0132. The maximum Gasteiger partial charge on any atom is 0.223 e. The van der Waals surface area contributed by atoms with Crippen LogP contribution in [0.25, 0.3) is 10.9 Å². The van der Waals surface area contributed by atoms with E-state index in [1.165, 1.54) is 0 Å². The number of aromatic amines is 1. The van der Waals surface area contributed by atoms with Crippen LogP contribution in [-0.4, -0.2) is 41.4 Å². The largest absolute Gasteiger partial charge is 0.394 e. The average Bonchev–Trinajstić information content (AvgIpc) is 3.04. The van der Waals surface area contributed by atoms with Gasteiger partial charge in [-0.3, -0.25) is 4.79 Å². The SMILES string of the molecule is CC[C@@H]1C[C@@H](C(=O)N[C@@H](CO)Cc2c[nH]c3ccccc23)CCO1. The Morgan fingerprint density at radius 1 is 1.46 bits per heavy atom. The van der Waals surface area contributed by atoms with Crippen LogP contribution in [0.2, 0.25) is 0 Å². The highest BCUT2D eigenvalue weighted by Gasteiger charge is 2.28. The van der Waals surface area contributed by atoms with Crippen molar-refractivity contribution in [3.63, 3.8) is 0 Å². The summed E-state index contributed by atoms with van der Waals surface area (Å²) in [5, 5.41) is 13.9. The summed E-state index contributed by atoms with van der Waals surface area (Å²) in [4.78, 5) is 15.8. The van der Waals surface area contributed by atoms with E-state index in [9.17, 15) is 9.90 Å². The minimum Gasteiger partial charge on any atom is -0.394 e. The topological polar surface area (TPSA) is 74.4 Å². The highest BCUT2D eigenvalue weighted by atomic mass is 16.5. The monoisotopic (exact) mass is 330 g/mol. The minimum atomic E-state index is -0.264. The van der Waals surface area contributed by atoms with Crippen LogP contribution in [-0.2, 0) is 16.0 Å². The lowest BCUT2D eigenvalue weighted by Gasteiger charge is -2.29. The number of hydrogen-bond acceptors (Lipinski definition) is 3. The third kappa shape index (κ3) is 3.79. The van der Waals surface area contributed by atoms with E-state index in [0.717, 1.165) is 35.7 Å². The van der Waals surface area contributed by atoms with E-state index in [1.807, 2.05) is 24.4 Å². The molecular weight excluding hydrogens is 304 g/mol. The van der Waals surface area contributed by atoms with Crippen LogP contribution in [0.3, 0.4) is 0 Å². The van der Waals surface area contributed by atoms with Crippen molar-refractivity contribution in [2.45, 2.75) is 44.8 Å². The lowest BCUT2D eigenvalue weighted by Crippen LogP contribution is -2.44. The predicted molar refractivity (Wildman–Crippen MR) is 93.8 cm³/mol. The second-order valence-electron chi connectivity index (χ2n) is 6.57. The molecule has 1 fully saturated rings. The molecule has 130 valence electrons. The number of benzene rings is 1. The van der Waals surface area contributed by atoms with E-state index >= 15 is 0 Å². The molecule has 1 amide bonds.